The number of hydrogen-bond acceptors (Lipinski definition) is 0. The number of benzene rings is 1. The molecule has 0 spiro atoms. The first-order chi connectivity index (χ1) is 6.79. The lowest BCUT2D eigenvalue weighted by atomic mass is 10.0. The molecule has 0 fully saturated rings. The molecular weight excluding hydrogens is 168 g/mol. The minimum absolute atomic E-state index is 0.860. The summed E-state index contributed by atoms with van der Waals surface area (Å²) in [6, 6.07) is 11.6. The van der Waals surface area contributed by atoms with Crippen LogP contribution < -0.4 is 0 Å². The third-order valence-electron chi connectivity index (χ3n) is 2.50. The maximum atomic E-state index is 3.27. The van der Waals surface area contributed by atoms with Crippen LogP contribution in [0.2, 0.25) is 0 Å². The van der Waals surface area contributed by atoms with E-state index in [9.17, 15) is 0 Å². The van der Waals surface area contributed by atoms with Gasteiger partial charge >= 0.3 is 0 Å². The molecule has 0 saturated carbocycles. The summed E-state index contributed by atoms with van der Waals surface area (Å²) < 4.78 is 0. The summed E-state index contributed by atoms with van der Waals surface area (Å²) in [5.74, 6) is 0.860. The van der Waals surface area contributed by atoms with Crippen LogP contribution in [0.1, 0.15) is 45.1 Å². The Morgan fingerprint density at radius 3 is 2.64 bits per heavy atom. The SMILES string of the molecule is CC(C)CCCCCc1[c]cccc1. The van der Waals surface area contributed by atoms with E-state index in [-0.39, 0.29) is 0 Å². The summed E-state index contributed by atoms with van der Waals surface area (Å²) in [4.78, 5) is 0. The van der Waals surface area contributed by atoms with Crippen LogP contribution in [0.3, 0.4) is 0 Å². The normalized spacial score (nSPS) is 10.8. The fraction of sp³-hybridized carbons (Fsp3) is 0.571. The van der Waals surface area contributed by atoms with E-state index < -0.39 is 0 Å². The van der Waals surface area contributed by atoms with E-state index in [2.05, 4.69) is 32.0 Å². The molecule has 0 atom stereocenters. The molecule has 0 heteroatoms. The van der Waals surface area contributed by atoms with Crippen molar-refractivity contribution < 1.29 is 0 Å². The lowest BCUT2D eigenvalue weighted by Gasteiger charge is -2.04. The smallest absolute Gasteiger partial charge is 0.0149 e. The van der Waals surface area contributed by atoms with Crippen LogP contribution in [0.5, 0.6) is 0 Å². The van der Waals surface area contributed by atoms with Crippen LogP contribution in [0.25, 0.3) is 0 Å². The molecule has 0 nitrogen and oxygen atoms in total. The molecule has 1 aromatic rings. The van der Waals surface area contributed by atoms with Gasteiger partial charge in [0.1, 0.15) is 0 Å². The minimum atomic E-state index is 0.860. The Kier molecular flexibility index (Phi) is 5.36. The van der Waals surface area contributed by atoms with E-state index in [1.807, 2.05) is 12.1 Å². The van der Waals surface area contributed by atoms with E-state index in [1.54, 1.807) is 0 Å². The van der Waals surface area contributed by atoms with Crippen molar-refractivity contribution in [3.05, 3.63) is 35.9 Å². The van der Waals surface area contributed by atoms with E-state index in [1.165, 1.54) is 37.7 Å². The molecule has 1 radical (unpaired) electrons. The summed E-state index contributed by atoms with van der Waals surface area (Å²) in [5.41, 5.74) is 1.36. The lowest BCUT2D eigenvalue weighted by molar-refractivity contribution is 0.527. The summed E-state index contributed by atoms with van der Waals surface area (Å²) >= 11 is 0. The van der Waals surface area contributed by atoms with Crippen molar-refractivity contribution in [1.29, 1.82) is 0 Å². The molecule has 1 rings (SSSR count). The van der Waals surface area contributed by atoms with Gasteiger partial charge in [0.2, 0.25) is 0 Å². The first kappa shape index (κ1) is 11.3. The van der Waals surface area contributed by atoms with Gasteiger partial charge in [0.05, 0.1) is 0 Å². The van der Waals surface area contributed by atoms with Gasteiger partial charge < -0.3 is 0 Å². The Morgan fingerprint density at radius 2 is 2.00 bits per heavy atom. The van der Waals surface area contributed by atoms with Crippen LogP contribution in [0.4, 0.5) is 0 Å². The van der Waals surface area contributed by atoms with Crippen LogP contribution in [-0.2, 0) is 6.42 Å². The van der Waals surface area contributed by atoms with Gasteiger partial charge in [0.15, 0.2) is 0 Å². The fourth-order valence-electron chi connectivity index (χ4n) is 1.63. The molecular formula is C14H21. The van der Waals surface area contributed by atoms with Gasteiger partial charge in [0, 0.05) is 0 Å². The van der Waals surface area contributed by atoms with Crippen molar-refractivity contribution in [2.45, 2.75) is 46.0 Å². The van der Waals surface area contributed by atoms with Crippen LogP contribution in [0.15, 0.2) is 24.3 Å². The van der Waals surface area contributed by atoms with Gasteiger partial charge in [-0.2, -0.15) is 0 Å². The predicted molar refractivity (Wildman–Crippen MR) is 62.3 cm³/mol. The Balaban J connectivity index is 2.05. The van der Waals surface area contributed by atoms with Crippen LogP contribution in [-0.4, -0.2) is 0 Å². The van der Waals surface area contributed by atoms with Gasteiger partial charge in [-0.05, 0) is 30.4 Å². The second-order valence-electron chi connectivity index (χ2n) is 4.38. The van der Waals surface area contributed by atoms with Crippen molar-refractivity contribution >= 4 is 0 Å². The number of unbranched alkanes of at least 4 members (excludes halogenated alkanes) is 2. The van der Waals surface area contributed by atoms with Gasteiger partial charge in [0.25, 0.3) is 0 Å². The molecule has 0 aliphatic carbocycles. The minimum Gasteiger partial charge on any atom is -0.0628 e. The molecule has 0 N–H and O–H groups in total. The van der Waals surface area contributed by atoms with Crippen LogP contribution in [0, 0.1) is 12.0 Å². The summed E-state index contributed by atoms with van der Waals surface area (Å²) in [7, 11) is 0. The second kappa shape index (κ2) is 6.64. The average molecular weight is 189 g/mol. The van der Waals surface area contributed by atoms with Gasteiger partial charge in [-0.3, -0.25) is 0 Å². The van der Waals surface area contributed by atoms with Crippen molar-refractivity contribution in [1.82, 2.24) is 0 Å². The molecule has 0 heterocycles. The summed E-state index contributed by atoms with van der Waals surface area (Å²) in [6.07, 6.45) is 6.62. The number of aryl methyl sites for hydroxylation is 1. The lowest BCUT2D eigenvalue weighted by Crippen LogP contribution is -1.89. The van der Waals surface area contributed by atoms with Crippen LogP contribution >= 0.6 is 0 Å². The first-order valence-corrected chi connectivity index (χ1v) is 5.74. The summed E-state index contributed by atoms with van der Waals surface area (Å²) in [5, 5.41) is 0. The fourth-order valence-corrected chi connectivity index (χ4v) is 1.63. The molecule has 77 valence electrons. The Hall–Kier alpha value is -0.780. The van der Waals surface area contributed by atoms with Crippen molar-refractivity contribution in [3.63, 3.8) is 0 Å². The highest BCUT2D eigenvalue weighted by atomic mass is 14.0. The van der Waals surface area contributed by atoms with Gasteiger partial charge in [-0.25, -0.2) is 0 Å². The quantitative estimate of drug-likeness (QED) is 0.587. The van der Waals surface area contributed by atoms with Gasteiger partial charge in [-0.15, -0.1) is 0 Å². The standard InChI is InChI=1S/C14H21/c1-13(2)9-5-3-6-10-14-11-7-4-8-12-14/h4,7-8,11,13H,3,5-6,9-10H2,1-2H3. The monoisotopic (exact) mass is 189 g/mol. The topological polar surface area (TPSA) is 0 Å². The third-order valence-corrected chi connectivity index (χ3v) is 2.50. The molecule has 0 aromatic heterocycles. The maximum Gasteiger partial charge on any atom is -0.0149 e. The second-order valence-corrected chi connectivity index (χ2v) is 4.38. The van der Waals surface area contributed by atoms with Crippen molar-refractivity contribution in [2.24, 2.45) is 5.92 Å². The highest BCUT2D eigenvalue weighted by molar-refractivity contribution is 5.12. The Bertz CT molecular complexity index is 223. The Labute approximate surface area is 88.4 Å². The third kappa shape index (κ3) is 5.06. The largest absolute Gasteiger partial charge is 0.0628 e. The highest BCUT2D eigenvalue weighted by Crippen LogP contribution is 2.10. The zero-order valence-electron chi connectivity index (χ0n) is 9.42. The van der Waals surface area contributed by atoms with E-state index in [4.69, 9.17) is 0 Å². The molecule has 0 aliphatic rings. The zero-order valence-corrected chi connectivity index (χ0v) is 9.42. The molecule has 0 bridgehead atoms. The number of hydrogen-bond donors (Lipinski definition) is 0. The number of rotatable bonds is 6. The van der Waals surface area contributed by atoms with Crippen molar-refractivity contribution in [3.8, 4) is 0 Å². The molecule has 0 unspecified atom stereocenters. The summed E-state index contributed by atoms with van der Waals surface area (Å²) in [6.45, 7) is 4.59. The molecule has 0 aliphatic heterocycles. The molecule has 0 saturated heterocycles. The highest BCUT2D eigenvalue weighted by Gasteiger charge is 1.95. The van der Waals surface area contributed by atoms with E-state index in [0.717, 1.165) is 5.92 Å². The maximum absolute atomic E-state index is 3.27. The zero-order chi connectivity index (χ0) is 10.2. The van der Waals surface area contributed by atoms with E-state index >= 15 is 0 Å². The first-order valence-electron chi connectivity index (χ1n) is 5.74. The molecule has 1 aromatic carbocycles. The predicted octanol–water partition coefficient (Wildman–Crippen LogP) is 4.25. The molecule has 0 amide bonds. The molecule has 14 heavy (non-hydrogen) atoms. The average Bonchev–Trinajstić information content (AvgIpc) is 2.18. The Morgan fingerprint density at radius 1 is 1.14 bits per heavy atom. The van der Waals surface area contributed by atoms with Crippen molar-refractivity contribution in [2.75, 3.05) is 0 Å². The van der Waals surface area contributed by atoms with Gasteiger partial charge in [-0.1, -0.05) is 57.4 Å². The van der Waals surface area contributed by atoms with E-state index in [0.29, 0.717) is 0 Å².